The van der Waals surface area contributed by atoms with Crippen LogP contribution in [0.4, 0.5) is 5.69 Å². The van der Waals surface area contributed by atoms with Crippen molar-refractivity contribution in [2.24, 2.45) is 16.2 Å². The smallest absolute Gasteiger partial charge is 0.228 e. The van der Waals surface area contributed by atoms with Crippen LogP contribution in [0.5, 0.6) is 0 Å². The molecule has 27 heavy (non-hydrogen) atoms. The molecular weight excluding hydrogens is 411 g/mol. The number of anilines is 1. The van der Waals surface area contributed by atoms with E-state index in [9.17, 15) is 9.59 Å². The maximum atomic E-state index is 13.4. The van der Waals surface area contributed by atoms with Crippen LogP contribution < -0.4 is 4.90 Å². The minimum absolute atomic E-state index is 0. The summed E-state index contributed by atoms with van der Waals surface area (Å²) in [6.45, 7) is 16.0. The van der Waals surface area contributed by atoms with Crippen molar-refractivity contribution < 1.29 is 42.3 Å². The van der Waals surface area contributed by atoms with Crippen LogP contribution >= 0.6 is 0 Å². The molecule has 1 aromatic rings. The van der Waals surface area contributed by atoms with Crippen LogP contribution in [0.25, 0.3) is 0 Å². The number of rotatable bonds is 1. The number of hydrogen-bond acceptors (Lipinski definition) is 2. The second kappa shape index (κ2) is 8.45. The predicted octanol–water partition coefficient (Wildman–Crippen LogP) is 5.61. The summed E-state index contributed by atoms with van der Waals surface area (Å²) in [6.07, 6.45) is 4.12. The molecule has 2 amide bonds. The minimum atomic E-state index is -0.557. The molecule has 1 aromatic carbocycles. The number of hydrogen-bond donors (Lipinski definition) is 0. The average molecular weight is 445 g/mol. The van der Waals surface area contributed by atoms with Crippen LogP contribution in [-0.2, 0) is 42.3 Å². The van der Waals surface area contributed by atoms with E-state index < -0.39 is 10.8 Å². The first-order chi connectivity index (χ1) is 12.1. The van der Waals surface area contributed by atoms with Crippen molar-refractivity contribution in [2.45, 2.75) is 81.1 Å². The van der Waals surface area contributed by atoms with E-state index in [1.807, 2.05) is 67.5 Å². The van der Waals surface area contributed by atoms with E-state index >= 15 is 0 Å². The second-order valence-corrected chi connectivity index (χ2v) is 8.64. The monoisotopic (exact) mass is 445 g/mol. The number of aryl methyl sites for hydroxylation is 2. The van der Waals surface area contributed by atoms with Gasteiger partial charge in [-0.1, -0.05) is 73.9 Å². The van der Waals surface area contributed by atoms with Crippen molar-refractivity contribution in [3.05, 3.63) is 29.3 Å². The molecule has 4 heteroatoms. The number of imide groups is 1. The largest absolute Gasteiger partial charge is 0.305 e. The first kappa shape index (κ1) is 24.5. The van der Waals surface area contributed by atoms with Gasteiger partial charge in [-0.15, -0.1) is 11.6 Å². The van der Waals surface area contributed by atoms with E-state index in [0.717, 1.165) is 36.8 Å². The molecule has 0 N–H and O–H groups in total. The van der Waals surface area contributed by atoms with E-state index in [1.54, 1.807) is 0 Å². The number of benzene rings is 1. The van der Waals surface area contributed by atoms with Crippen LogP contribution in [-0.4, -0.2) is 11.8 Å². The maximum Gasteiger partial charge on any atom is 0.228 e. The van der Waals surface area contributed by atoms with Gasteiger partial charge in [0.1, 0.15) is 0 Å². The Labute approximate surface area is 190 Å². The fourth-order valence-corrected chi connectivity index (χ4v) is 5.26. The Bertz CT molecular complexity index is 685. The fourth-order valence-electron chi connectivity index (χ4n) is 5.26. The van der Waals surface area contributed by atoms with Gasteiger partial charge in [-0.05, 0) is 18.3 Å². The molecule has 3 nitrogen and oxygen atoms in total. The van der Waals surface area contributed by atoms with Crippen LogP contribution in [0.15, 0.2) is 12.1 Å². The van der Waals surface area contributed by atoms with Crippen LogP contribution in [0.1, 0.15) is 78.4 Å². The van der Waals surface area contributed by atoms with Gasteiger partial charge >= 0.3 is 0 Å². The van der Waals surface area contributed by atoms with E-state index in [2.05, 4.69) is 6.07 Å². The Balaban J connectivity index is 0.00000118. The maximum absolute atomic E-state index is 13.4. The van der Waals surface area contributed by atoms with Crippen molar-refractivity contribution in [1.29, 1.82) is 0 Å². The van der Waals surface area contributed by atoms with E-state index in [1.165, 1.54) is 4.90 Å². The molecule has 1 heterocycles. The molecule has 1 spiro atoms. The minimum Gasteiger partial charge on any atom is -0.305 e. The standard InChI is InChI=1S/C21H28NO2.C2H6.Y/c1-14-9-10-16(15(2)13-14)22-17(23)19(3,4)21(11-7-8-12-21)20(5,6)18(22)24;1-2;/h9-10H,7-8,11-12H2,1-6H3;1-2H3;/q-1;;. The summed E-state index contributed by atoms with van der Waals surface area (Å²) in [7, 11) is 0. The summed E-state index contributed by atoms with van der Waals surface area (Å²) >= 11 is 0. The summed E-state index contributed by atoms with van der Waals surface area (Å²) in [4.78, 5) is 28.3. The van der Waals surface area contributed by atoms with E-state index in [-0.39, 0.29) is 49.9 Å². The van der Waals surface area contributed by atoms with Crippen molar-refractivity contribution in [1.82, 2.24) is 0 Å². The van der Waals surface area contributed by atoms with Gasteiger partial charge < -0.3 is 4.90 Å². The van der Waals surface area contributed by atoms with Gasteiger partial charge in [0.15, 0.2) is 0 Å². The summed E-state index contributed by atoms with van der Waals surface area (Å²) in [5, 5.41) is 0. The first-order valence-electron chi connectivity index (χ1n) is 9.95. The van der Waals surface area contributed by atoms with Crippen LogP contribution in [0.2, 0.25) is 0 Å². The zero-order valence-electron chi connectivity index (χ0n) is 18.3. The third-order valence-electron chi connectivity index (χ3n) is 6.83. The number of carbonyl (C=O) groups is 2. The normalized spacial score (nSPS) is 22.1. The molecule has 0 atom stereocenters. The van der Waals surface area contributed by atoms with Crippen molar-refractivity contribution in [3.63, 3.8) is 0 Å². The summed E-state index contributed by atoms with van der Waals surface area (Å²) in [6, 6.07) is 7.05. The molecule has 1 aliphatic heterocycles. The molecular formula is C23H34NO2Y-. The molecule has 3 rings (SSSR count). The third kappa shape index (κ3) is 3.48. The molecule has 2 fully saturated rings. The van der Waals surface area contributed by atoms with Crippen molar-refractivity contribution in [3.8, 4) is 0 Å². The fraction of sp³-hybridized carbons (Fsp3) is 0.652. The second-order valence-electron chi connectivity index (χ2n) is 8.64. The van der Waals surface area contributed by atoms with Gasteiger partial charge in [0, 0.05) is 32.7 Å². The molecule has 1 aliphatic carbocycles. The zero-order chi connectivity index (χ0) is 19.9. The Morgan fingerprint density at radius 2 is 1.33 bits per heavy atom. The molecule has 0 aromatic heterocycles. The first-order valence-corrected chi connectivity index (χ1v) is 9.95. The quantitative estimate of drug-likeness (QED) is 0.416. The molecule has 147 valence electrons. The number of carbonyl (C=O) groups excluding carboxylic acids is 2. The Morgan fingerprint density at radius 1 is 0.889 bits per heavy atom. The average Bonchev–Trinajstić information content (AvgIpc) is 3.09. The van der Waals surface area contributed by atoms with Crippen molar-refractivity contribution in [2.75, 3.05) is 4.90 Å². The van der Waals surface area contributed by atoms with E-state index in [0.29, 0.717) is 5.69 Å². The SMILES string of the molecule is CC.Cc1[c-]c(C)c(N2C(=O)C(C)(C)C3(CCCC3)C(C)(C)C2=O)cc1.[Y]. The molecule has 1 saturated heterocycles. The summed E-state index contributed by atoms with van der Waals surface area (Å²) in [5.41, 5.74) is 1.19. The molecule has 0 unspecified atom stereocenters. The van der Waals surface area contributed by atoms with Gasteiger partial charge in [-0.25, -0.2) is 0 Å². The Morgan fingerprint density at radius 3 is 1.74 bits per heavy atom. The van der Waals surface area contributed by atoms with Crippen LogP contribution in [0, 0.1) is 36.2 Å². The summed E-state index contributed by atoms with van der Waals surface area (Å²) in [5.74, 6) is -0.122. The van der Waals surface area contributed by atoms with E-state index in [4.69, 9.17) is 0 Å². The molecule has 1 radical (unpaired) electrons. The topological polar surface area (TPSA) is 37.4 Å². The van der Waals surface area contributed by atoms with Gasteiger partial charge in [-0.3, -0.25) is 9.59 Å². The zero-order valence-corrected chi connectivity index (χ0v) is 21.2. The number of nitrogens with zero attached hydrogens (tertiary/aromatic N) is 1. The Kier molecular flexibility index (Phi) is 7.67. The van der Waals surface area contributed by atoms with Gasteiger partial charge in [0.05, 0.1) is 10.8 Å². The van der Waals surface area contributed by atoms with Crippen molar-refractivity contribution >= 4 is 17.5 Å². The van der Waals surface area contributed by atoms with Gasteiger partial charge in [0.25, 0.3) is 0 Å². The Hall–Kier alpha value is -0.536. The predicted molar refractivity (Wildman–Crippen MR) is 107 cm³/mol. The third-order valence-corrected chi connectivity index (χ3v) is 6.83. The molecule has 1 saturated carbocycles. The van der Waals surface area contributed by atoms with Gasteiger partial charge in [-0.2, -0.15) is 17.7 Å². The molecule has 0 bridgehead atoms. The summed E-state index contributed by atoms with van der Waals surface area (Å²) < 4.78 is 0. The number of piperidine rings is 1. The van der Waals surface area contributed by atoms with Gasteiger partial charge in [0.2, 0.25) is 11.8 Å². The van der Waals surface area contributed by atoms with Crippen LogP contribution in [0.3, 0.4) is 0 Å². The molecule has 2 aliphatic rings. The number of amides is 2.